The number of nitrogens with one attached hydrogen (secondary N) is 1. The number of carbonyl (C=O) groups excluding carboxylic acids is 1. The summed E-state index contributed by atoms with van der Waals surface area (Å²) in [6.45, 7) is 1.95. The quantitative estimate of drug-likeness (QED) is 0.884. The second kappa shape index (κ2) is 6.18. The van der Waals surface area contributed by atoms with Crippen molar-refractivity contribution in [3.8, 4) is 0 Å². The van der Waals surface area contributed by atoms with Crippen molar-refractivity contribution >= 4 is 17.6 Å². The van der Waals surface area contributed by atoms with Crippen molar-refractivity contribution in [1.82, 2.24) is 19.8 Å². The summed E-state index contributed by atoms with van der Waals surface area (Å²) in [5, 5.41) is 2.85. The molecule has 2 aromatic rings. The highest BCUT2D eigenvalue weighted by atomic mass is 35.5. The van der Waals surface area contributed by atoms with Crippen molar-refractivity contribution < 1.29 is 4.79 Å². The second-order valence-corrected chi connectivity index (χ2v) is 5.30. The number of pyridine rings is 1. The third kappa shape index (κ3) is 2.74. The molecule has 0 bridgehead atoms. The van der Waals surface area contributed by atoms with Crippen LogP contribution < -0.4 is 5.32 Å². The summed E-state index contributed by atoms with van der Waals surface area (Å²) in [5.41, 5.74) is 2.18. The van der Waals surface area contributed by atoms with Gasteiger partial charge in [-0.1, -0.05) is 0 Å². The van der Waals surface area contributed by atoms with Crippen LogP contribution in [0.15, 0.2) is 42.9 Å². The Morgan fingerprint density at radius 3 is 2.90 bits per heavy atom. The van der Waals surface area contributed by atoms with Crippen molar-refractivity contribution in [2.75, 3.05) is 19.0 Å². The van der Waals surface area contributed by atoms with E-state index in [2.05, 4.69) is 27.1 Å². The van der Waals surface area contributed by atoms with E-state index in [-0.39, 0.29) is 12.1 Å². The van der Waals surface area contributed by atoms with Gasteiger partial charge in [0.05, 0.1) is 6.04 Å². The standard InChI is InChI=1S/C15H17ClN4O/c16-5-8-18-15(21)20-11-10-19-9-1-2-13(19)14(20)12-3-6-17-7-4-12/h1-4,6-7,9,14H,5,8,10-11H2,(H,18,21). The molecule has 1 aliphatic heterocycles. The molecule has 0 saturated carbocycles. The number of urea groups is 1. The Bertz CT molecular complexity index is 613. The molecule has 5 nitrogen and oxygen atoms in total. The molecule has 2 aromatic heterocycles. The van der Waals surface area contributed by atoms with Crippen molar-refractivity contribution in [2.45, 2.75) is 12.6 Å². The largest absolute Gasteiger partial charge is 0.348 e. The summed E-state index contributed by atoms with van der Waals surface area (Å²) in [6.07, 6.45) is 5.57. The fourth-order valence-corrected chi connectivity index (χ4v) is 2.85. The van der Waals surface area contributed by atoms with Gasteiger partial charge in [0.15, 0.2) is 0 Å². The minimum atomic E-state index is -0.0907. The normalized spacial score (nSPS) is 17.4. The highest BCUT2D eigenvalue weighted by molar-refractivity contribution is 6.18. The van der Waals surface area contributed by atoms with E-state index >= 15 is 0 Å². The minimum Gasteiger partial charge on any atom is -0.348 e. The Balaban J connectivity index is 1.95. The van der Waals surface area contributed by atoms with E-state index in [4.69, 9.17) is 11.6 Å². The van der Waals surface area contributed by atoms with Crippen LogP contribution in [0.5, 0.6) is 0 Å². The van der Waals surface area contributed by atoms with Crippen LogP contribution in [0.25, 0.3) is 0 Å². The van der Waals surface area contributed by atoms with Gasteiger partial charge in [0.1, 0.15) is 0 Å². The van der Waals surface area contributed by atoms with Crippen molar-refractivity contribution in [1.29, 1.82) is 0 Å². The lowest BCUT2D eigenvalue weighted by atomic mass is 10.0. The van der Waals surface area contributed by atoms with Crippen LogP contribution in [0.4, 0.5) is 4.79 Å². The van der Waals surface area contributed by atoms with Gasteiger partial charge in [0, 0.05) is 49.8 Å². The summed E-state index contributed by atoms with van der Waals surface area (Å²) in [6, 6.07) is 7.82. The van der Waals surface area contributed by atoms with E-state index < -0.39 is 0 Å². The van der Waals surface area contributed by atoms with Crippen LogP contribution in [0.1, 0.15) is 17.3 Å². The zero-order valence-electron chi connectivity index (χ0n) is 11.6. The lowest BCUT2D eigenvalue weighted by Crippen LogP contribution is -2.47. The lowest BCUT2D eigenvalue weighted by Gasteiger charge is -2.37. The predicted octanol–water partition coefficient (Wildman–Crippen LogP) is 2.24. The van der Waals surface area contributed by atoms with Gasteiger partial charge in [-0.25, -0.2) is 4.79 Å². The number of hydrogen-bond acceptors (Lipinski definition) is 2. The van der Waals surface area contributed by atoms with Crippen LogP contribution >= 0.6 is 11.6 Å². The molecule has 0 radical (unpaired) electrons. The molecule has 1 aliphatic rings. The molecule has 1 atom stereocenters. The maximum atomic E-state index is 12.4. The first-order valence-corrected chi connectivity index (χ1v) is 7.50. The summed E-state index contributed by atoms with van der Waals surface area (Å²) in [5.74, 6) is 0.413. The molecule has 0 aliphatic carbocycles. The van der Waals surface area contributed by atoms with Gasteiger partial charge in [-0.15, -0.1) is 11.6 Å². The predicted molar refractivity (Wildman–Crippen MR) is 81.3 cm³/mol. The summed E-state index contributed by atoms with van der Waals surface area (Å²) >= 11 is 5.66. The van der Waals surface area contributed by atoms with Crippen LogP contribution in [0.3, 0.4) is 0 Å². The Kier molecular flexibility index (Phi) is 4.10. The zero-order valence-corrected chi connectivity index (χ0v) is 12.3. The molecule has 2 amide bonds. The highest BCUT2D eigenvalue weighted by Gasteiger charge is 2.31. The number of halogens is 1. The monoisotopic (exact) mass is 304 g/mol. The average Bonchev–Trinajstić information content (AvgIpc) is 3.01. The third-order valence-corrected chi connectivity index (χ3v) is 3.88. The molecule has 1 unspecified atom stereocenters. The fraction of sp³-hybridized carbons (Fsp3) is 0.333. The molecule has 6 heteroatoms. The molecular formula is C15H17ClN4O. The smallest absolute Gasteiger partial charge is 0.318 e. The van der Waals surface area contributed by atoms with Gasteiger partial charge in [0.2, 0.25) is 0 Å². The molecule has 0 spiro atoms. The Hall–Kier alpha value is -2.01. The number of amides is 2. The van der Waals surface area contributed by atoms with Crippen molar-refractivity contribution in [2.24, 2.45) is 0 Å². The molecule has 3 heterocycles. The number of nitrogens with zero attached hydrogens (tertiary/aromatic N) is 3. The second-order valence-electron chi connectivity index (χ2n) is 4.92. The molecular weight excluding hydrogens is 288 g/mol. The van der Waals surface area contributed by atoms with E-state index in [1.807, 2.05) is 23.1 Å². The summed E-state index contributed by atoms with van der Waals surface area (Å²) < 4.78 is 2.19. The maximum absolute atomic E-state index is 12.4. The lowest BCUT2D eigenvalue weighted by molar-refractivity contribution is 0.169. The molecule has 0 fully saturated rings. The molecule has 3 rings (SSSR count). The van der Waals surface area contributed by atoms with Gasteiger partial charge >= 0.3 is 6.03 Å². The van der Waals surface area contributed by atoms with Crippen LogP contribution in [-0.2, 0) is 6.54 Å². The van der Waals surface area contributed by atoms with Gasteiger partial charge in [0.25, 0.3) is 0 Å². The Morgan fingerprint density at radius 2 is 2.14 bits per heavy atom. The molecule has 110 valence electrons. The number of rotatable bonds is 3. The van der Waals surface area contributed by atoms with Crippen LogP contribution in [0.2, 0.25) is 0 Å². The first kappa shape index (κ1) is 13.9. The van der Waals surface area contributed by atoms with Gasteiger partial charge in [-0.2, -0.15) is 0 Å². The Labute approximate surface area is 128 Å². The number of hydrogen-bond donors (Lipinski definition) is 1. The van der Waals surface area contributed by atoms with Gasteiger partial charge in [-0.05, 0) is 29.8 Å². The molecule has 0 saturated heterocycles. The minimum absolute atomic E-state index is 0.0788. The molecule has 21 heavy (non-hydrogen) atoms. The van der Waals surface area contributed by atoms with Crippen LogP contribution in [-0.4, -0.2) is 39.5 Å². The highest BCUT2D eigenvalue weighted by Crippen LogP contribution is 2.31. The van der Waals surface area contributed by atoms with Gasteiger partial charge in [-0.3, -0.25) is 4.98 Å². The first-order valence-electron chi connectivity index (χ1n) is 6.96. The zero-order chi connectivity index (χ0) is 14.7. The van der Waals surface area contributed by atoms with E-state index in [1.54, 1.807) is 12.4 Å². The maximum Gasteiger partial charge on any atom is 0.318 e. The number of carbonyl (C=O) groups is 1. The fourth-order valence-electron chi connectivity index (χ4n) is 2.75. The van der Waals surface area contributed by atoms with E-state index in [1.165, 1.54) is 0 Å². The summed E-state index contributed by atoms with van der Waals surface area (Å²) in [4.78, 5) is 18.3. The number of alkyl halides is 1. The van der Waals surface area contributed by atoms with Gasteiger partial charge < -0.3 is 14.8 Å². The van der Waals surface area contributed by atoms with E-state index in [0.29, 0.717) is 19.0 Å². The van der Waals surface area contributed by atoms with Crippen molar-refractivity contribution in [3.05, 3.63) is 54.1 Å². The number of aromatic nitrogens is 2. The topological polar surface area (TPSA) is 50.2 Å². The first-order chi connectivity index (χ1) is 10.3. The van der Waals surface area contributed by atoms with Crippen molar-refractivity contribution in [3.63, 3.8) is 0 Å². The third-order valence-electron chi connectivity index (χ3n) is 3.69. The number of fused-ring (bicyclic) bond motifs is 1. The van der Waals surface area contributed by atoms with E-state index in [0.717, 1.165) is 17.8 Å². The van der Waals surface area contributed by atoms with Crippen LogP contribution in [0, 0.1) is 0 Å². The average molecular weight is 305 g/mol. The molecule has 1 N–H and O–H groups in total. The Morgan fingerprint density at radius 1 is 1.33 bits per heavy atom. The van der Waals surface area contributed by atoms with E-state index in [9.17, 15) is 4.79 Å². The SMILES string of the molecule is O=C(NCCCl)N1CCn2cccc2C1c1ccncc1. The molecule has 0 aromatic carbocycles. The summed E-state index contributed by atoms with van der Waals surface area (Å²) in [7, 11) is 0.